The molecule has 1 aromatic rings. The van der Waals surface area contributed by atoms with E-state index in [1.54, 1.807) is 11.9 Å². The number of non-ortho nitro benzene ring substituents is 1. The molecule has 0 amide bonds. The summed E-state index contributed by atoms with van der Waals surface area (Å²) in [7, 11) is 1.80. The molecule has 0 bridgehead atoms. The number of hydrogen-bond donors (Lipinski definition) is 0. The molecule has 1 rings (SSSR count). The van der Waals surface area contributed by atoms with Crippen LogP contribution in [0.25, 0.3) is 0 Å². The van der Waals surface area contributed by atoms with Gasteiger partial charge in [-0.15, -0.1) is 0 Å². The van der Waals surface area contributed by atoms with Gasteiger partial charge in [-0.2, -0.15) is 0 Å². The Bertz CT molecular complexity index is 402. The molecular weight excluding hydrogens is 224 g/mol. The summed E-state index contributed by atoms with van der Waals surface area (Å²) in [4.78, 5) is 23.1. The average molecular weight is 238 g/mol. The summed E-state index contributed by atoms with van der Waals surface area (Å²) < 4.78 is 5.02. The van der Waals surface area contributed by atoms with Gasteiger partial charge in [-0.25, -0.2) is 0 Å². The molecule has 0 saturated heterocycles. The highest BCUT2D eigenvalue weighted by Gasteiger charge is 2.09. The van der Waals surface area contributed by atoms with E-state index in [0.29, 0.717) is 5.75 Å². The molecule has 17 heavy (non-hydrogen) atoms. The van der Waals surface area contributed by atoms with Crippen molar-refractivity contribution in [2.45, 2.75) is 6.92 Å². The fourth-order valence-corrected chi connectivity index (χ4v) is 1.13. The zero-order valence-corrected chi connectivity index (χ0v) is 9.75. The van der Waals surface area contributed by atoms with Crippen LogP contribution in [0.4, 0.5) is 5.69 Å². The molecule has 6 nitrogen and oxygen atoms in total. The maximum Gasteiger partial charge on any atom is 0.325 e. The van der Waals surface area contributed by atoms with Gasteiger partial charge in [0.25, 0.3) is 5.69 Å². The molecule has 0 fully saturated rings. The zero-order chi connectivity index (χ0) is 12.8. The third-order valence-electron chi connectivity index (χ3n) is 2.22. The quantitative estimate of drug-likeness (QED) is 0.336. The Morgan fingerprint density at radius 3 is 2.47 bits per heavy atom. The number of carbonyl (C=O) groups is 1. The van der Waals surface area contributed by atoms with Crippen LogP contribution in [-0.2, 0) is 4.79 Å². The molecule has 0 aliphatic rings. The zero-order valence-electron chi connectivity index (χ0n) is 9.75. The first-order chi connectivity index (χ1) is 8.02. The summed E-state index contributed by atoms with van der Waals surface area (Å²) in [6, 6.07) is 5.41. The predicted molar refractivity (Wildman–Crippen MR) is 61.9 cm³/mol. The van der Waals surface area contributed by atoms with E-state index in [1.165, 1.54) is 24.3 Å². The van der Waals surface area contributed by atoms with Crippen LogP contribution >= 0.6 is 0 Å². The van der Waals surface area contributed by atoms with Gasteiger partial charge >= 0.3 is 5.97 Å². The Hall–Kier alpha value is -1.95. The number of nitro benzene ring substituents is 1. The highest BCUT2D eigenvalue weighted by atomic mass is 16.6. The second-order valence-electron chi connectivity index (χ2n) is 3.56. The first kappa shape index (κ1) is 13.1. The Kier molecular flexibility index (Phi) is 4.59. The second kappa shape index (κ2) is 5.95. The highest BCUT2D eigenvalue weighted by Crippen LogP contribution is 2.17. The van der Waals surface area contributed by atoms with E-state index in [2.05, 4.69) is 0 Å². The van der Waals surface area contributed by atoms with Crippen LogP contribution < -0.4 is 4.74 Å². The maximum absolute atomic E-state index is 11.4. The lowest BCUT2D eigenvalue weighted by Crippen LogP contribution is -2.28. The number of esters is 1. The van der Waals surface area contributed by atoms with E-state index in [4.69, 9.17) is 4.74 Å². The van der Waals surface area contributed by atoms with Crippen LogP contribution in [0.1, 0.15) is 6.92 Å². The second-order valence-corrected chi connectivity index (χ2v) is 3.56. The molecule has 0 heterocycles. The molecule has 1 aromatic carbocycles. The molecule has 6 heteroatoms. The van der Waals surface area contributed by atoms with Crippen LogP contribution in [0.15, 0.2) is 24.3 Å². The lowest BCUT2D eigenvalue weighted by Gasteiger charge is -2.12. The first-order valence-electron chi connectivity index (χ1n) is 5.16. The summed E-state index contributed by atoms with van der Waals surface area (Å²) >= 11 is 0. The minimum absolute atomic E-state index is 0.0320. The molecule has 0 saturated carbocycles. The molecular formula is C11H14N2O4. The fourth-order valence-electron chi connectivity index (χ4n) is 1.13. The summed E-state index contributed by atoms with van der Waals surface area (Å²) in [6.07, 6.45) is 0. The van der Waals surface area contributed by atoms with Crippen molar-refractivity contribution in [3.8, 4) is 5.75 Å². The summed E-state index contributed by atoms with van der Waals surface area (Å²) in [6.45, 7) is 2.86. The monoisotopic (exact) mass is 238 g/mol. The van der Waals surface area contributed by atoms with Gasteiger partial charge in [-0.3, -0.25) is 19.8 Å². The molecule has 0 radical (unpaired) electrons. The van der Waals surface area contributed by atoms with Crippen molar-refractivity contribution in [3.63, 3.8) is 0 Å². The molecule has 0 aliphatic heterocycles. The van der Waals surface area contributed by atoms with E-state index in [9.17, 15) is 14.9 Å². The van der Waals surface area contributed by atoms with Gasteiger partial charge in [0.2, 0.25) is 0 Å². The largest absolute Gasteiger partial charge is 0.426 e. The van der Waals surface area contributed by atoms with Crippen molar-refractivity contribution >= 4 is 11.7 Å². The lowest BCUT2D eigenvalue weighted by atomic mass is 10.3. The van der Waals surface area contributed by atoms with Gasteiger partial charge in [0.15, 0.2) is 0 Å². The van der Waals surface area contributed by atoms with Crippen molar-refractivity contribution in [1.29, 1.82) is 0 Å². The third kappa shape index (κ3) is 4.20. The molecule has 0 spiro atoms. The molecule has 0 aliphatic carbocycles. The van der Waals surface area contributed by atoms with Gasteiger partial charge in [-0.05, 0) is 25.7 Å². The number of ether oxygens (including phenoxy) is 1. The fraction of sp³-hybridized carbons (Fsp3) is 0.364. The summed E-state index contributed by atoms with van der Waals surface area (Å²) in [5.74, 6) is -0.0756. The Morgan fingerprint density at radius 2 is 2.00 bits per heavy atom. The van der Waals surface area contributed by atoms with Crippen LogP contribution in [0.3, 0.4) is 0 Å². The Labute approximate surface area is 98.9 Å². The third-order valence-corrected chi connectivity index (χ3v) is 2.22. The number of hydrogen-bond acceptors (Lipinski definition) is 5. The van der Waals surface area contributed by atoms with Gasteiger partial charge in [0, 0.05) is 12.1 Å². The highest BCUT2D eigenvalue weighted by molar-refractivity contribution is 5.74. The van der Waals surface area contributed by atoms with Crippen molar-refractivity contribution in [2.24, 2.45) is 0 Å². The van der Waals surface area contributed by atoms with Crippen molar-refractivity contribution in [2.75, 3.05) is 20.1 Å². The van der Waals surface area contributed by atoms with E-state index >= 15 is 0 Å². The maximum atomic E-state index is 11.4. The first-order valence-corrected chi connectivity index (χ1v) is 5.16. The van der Waals surface area contributed by atoms with Crippen LogP contribution in [0.2, 0.25) is 0 Å². The molecule has 92 valence electrons. The van der Waals surface area contributed by atoms with E-state index < -0.39 is 4.92 Å². The van der Waals surface area contributed by atoms with Crippen LogP contribution in [-0.4, -0.2) is 35.9 Å². The van der Waals surface area contributed by atoms with E-state index in [-0.39, 0.29) is 18.2 Å². The standard InChI is InChI=1S/C11H14N2O4/c1-3-12(2)8-11(14)17-10-6-4-9(5-7-10)13(15)16/h4-7H,3,8H2,1-2H3. The molecule has 0 aromatic heterocycles. The normalized spacial score (nSPS) is 10.3. The Balaban J connectivity index is 2.57. The van der Waals surface area contributed by atoms with Gasteiger partial charge < -0.3 is 4.74 Å². The van der Waals surface area contributed by atoms with Gasteiger partial charge in [0.1, 0.15) is 5.75 Å². The topological polar surface area (TPSA) is 72.7 Å². The minimum Gasteiger partial charge on any atom is -0.426 e. The lowest BCUT2D eigenvalue weighted by molar-refractivity contribution is -0.384. The predicted octanol–water partition coefficient (Wildman–Crippen LogP) is 1.45. The average Bonchev–Trinajstić information content (AvgIpc) is 2.29. The van der Waals surface area contributed by atoms with Crippen molar-refractivity contribution < 1.29 is 14.5 Å². The number of nitro groups is 1. The number of benzene rings is 1. The number of nitrogens with zero attached hydrogens (tertiary/aromatic N) is 2. The van der Waals surface area contributed by atoms with Crippen molar-refractivity contribution in [1.82, 2.24) is 4.90 Å². The SMILES string of the molecule is CCN(C)CC(=O)Oc1ccc([N+](=O)[O-])cc1. The molecule has 0 atom stereocenters. The Morgan fingerprint density at radius 1 is 1.41 bits per heavy atom. The van der Waals surface area contributed by atoms with E-state index in [1.807, 2.05) is 6.92 Å². The van der Waals surface area contributed by atoms with Gasteiger partial charge in [-0.1, -0.05) is 6.92 Å². The number of carbonyl (C=O) groups excluding carboxylic acids is 1. The van der Waals surface area contributed by atoms with Gasteiger partial charge in [0.05, 0.1) is 11.5 Å². The minimum atomic E-state index is -0.504. The molecule has 0 N–H and O–H groups in total. The molecule has 0 unspecified atom stereocenters. The van der Waals surface area contributed by atoms with Crippen LogP contribution in [0, 0.1) is 10.1 Å². The number of rotatable bonds is 5. The summed E-state index contributed by atoms with van der Waals surface area (Å²) in [5.41, 5.74) is -0.0320. The van der Waals surface area contributed by atoms with E-state index in [0.717, 1.165) is 6.54 Å². The smallest absolute Gasteiger partial charge is 0.325 e. The summed E-state index contributed by atoms with van der Waals surface area (Å²) in [5, 5.41) is 10.4. The van der Waals surface area contributed by atoms with Crippen LogP contribution in [0.5, 0.6) is 5.75 Å². The van der Waals surface area contributed by atoms with Crippen molar-refractivity contribution in [3.05, 3.63) is 34.4 Å². The number of likely N-dealkylation sites (N-methyl/N-ethyl adjacent to an activating group) is 1.